The van der Waals surface area contributed by atoms with Crippen LogP contribution in [0.3, 0.4) is 0 Å². The second-order valence-electron chi connectivity index (χ2n) is 8.51. The van der Waals surface area contributed by atoms with Gasteiger partial charge >= 0.3 is 12.2 Å². The second-order valence-corrected chi connectivity index (χ2v) is 8.51. The third-order valence-corrected chi connectivity index (χ3v) is 6.27. The number of para-hydroxylation sites is 1. The number of ether oxygens (including phenoxy) is 2. The number of aromatic nitrogens is 2. The molecule has 3 aromatic rings. The summed E-state index contributed by atoms with van der Waals surface area (Å²) in [7, 11) is 0. The number of rotatable bonds is 4. The van der Waals surface area contributed by atoms with E-state index < -0.39 is 11.7 Å². The van der Waals surface area contributed by atoms with Crippen LogP contribution in [0.25, 0.3) is 0 Å². The molecule has 0 saturated carbocycles. The van der Waals surface area contributed by atoms with Gasteiger partial charge in [-0.15, -0.1) is 5.10 Å². The summed E-state index contributed by atoms with van der Waals surface area (Å²) in [4.78, 5) is 16.6. The van der Waals surface area contributed by atoms with Gasteiger partial charge in [-0.2, -0.15) is 18.3 Å². The maximum absolute atomic E-state index is 12.9. The molecule has 0 radical (unpaired) electrons. The molecule has 0 bridgehead atoms. The van der Waals surface area contributed by atoms with Gasteiger partial charge in [0.05, 0.1) is 12.2 Å². The van der Waals surface area contributed by atoms with Crippen LogP contribution in [0, 0.1) is 0 Å². The summed E-state index contributed by atoms with van der Waals surface area (Å²) in [5.74, 6) is 1.75. The Morgan fingerprint density at radius 2 is 1.81 bits per heavy atom. The number of alkyl halides is 3. The Kier molecular flexibility index (Phi) is 6.64. The number of carbonyl (C=O) groups excluding carboxylic acids is 1. The van der Waals surface area contributed by atoms with Crippen LogP contribution < -0.4 is 14.8 Å². The predicted molar refractivity (Wildman–Crippen MR) is 125 cm³/mol. The van der Waals surface area contributed by atoms with Gasteiger partial charge in [0.1, 0.15) is 5.75 Å². The van der Waals surface area contributed by atoms with Crippen LogP contribution in [0.15, 0.2) is 60.8 Å². The van der Waals surface area contributed by atoms with Crippen molar-refractivity contribution in [3.8, 4) is 17.2 Å². The standard InChI is InChI=1S/C25H24F3N5O3/c26-25(27,28)17-6-8-18(9-7-17)36-21-4-1-3-19-20(10-16-35-23(19)21)32-12-14-33(15-13-32)24(34)30-22-5-2-11-29-31-22/h1-9,11,20H,10,12-16H2,(H,30,31,34). The molecule has 3 heterocycles. The van der Waals surface area contributed by atoms with E-state index >= 15 is 0 Å². The fourth-order valence-electron chi connectivity index (χ4n) is 4.47. The summed E-state index contributed by atoms with van der Waals surface area (Å²) in [6.07, 6.45) is -2.08. The van der Waals surface area contributed by atoms with Crippen molar-refractivity contribution in [2.45, 2.75) is 18.6 Å². The average Bonchev–Trinajstić information content (AvgIpc) is 2.89. The molecule has 1 unspecified atom stereocenters. The van der Waals surface area contributed by atoms with E-state index in [-0.39, 0.29) is 12.1 Å². The second kappa shape index (κ2) is 10.0. The summed E-state index contributed by atoms with van der Waals surface area (Å²) >= 11 is 0. The molecular weight excluding hydrogens is 475 g/mol. The summed E-state index contributed by atoms with van der Waals surface area (Å²) in [6, 6.07) is 13.4. The molecule has 2 amide bonds. The fourth-order valence-corrected chi connectivity index (χ4v) is 4.47. The van der Waals surface area contributed by atoms with Crippen LogP contribution in [0.2, 0.25) is 0 Å². The van der Waals surface area contributed by atoms with Gasteiger partial charge in [0.25, 0.3) is 0 Å². The van der Waals surface area contributed by atoms with E-state index in [4.69, 9.17) is 9.47 Å². The molecule has 2 aliphatic rings. The molecule has 8 nitrogen and oxygen atoms in total. The van der Waals surface area contributed by atoms with E-state index in [1.807, 2.05) is 12.1 Å². The summed E-state index contributed by atoms with van der Waals surface area (Å²) in [5, 5.41) is 10.4. The van der Waals surface area contributed by atoms with Gasteiger partial charge in [-0.3, -0.25) is 10.2 Å². The molecule has 1 aromatic heterocycles. The molecule has 1 atom stereocenters. The third-order valence-electron chi connectivity index (χ3n) is 6.27. The van der Waals surface area contributed by atoms with Gasteiger partial charge in [0.15, 0.2) is 17.3 Å². The molecule has 2 aliphatic heterocycles. The van der Waals surface area contributed by atoms with E-state index in [1.54, 1.807) is 29.3 Å². The lowest BCUT2D eigenvalue weighted by Gasteiger charge is -2.41. The number of hydrogen-bond donors (Lipinski definition) is 1. The Bertz CT molecular complexity index is 1200. The van der Waals surface area contributed by atoms with E-state index in [1.165, 1.54) is 12.1 Å². The minimum atomic E-state index is -4.40. The number of nitrogens with one attached hydrogen (secondary N) is 1. The van der Waals surface area contributed by atoms with Crippen molar-refractivity contribution >= 4 is 11.8 Å². The molecule has 0 spiro atoms. The van der Waals surface area contributed by atoms with Crippen LogP contribution in [0.5, 0.6) is 17.2 Å². The minimum Gasteiger partial charge on any atom is -0.489 e. The molecule has 0 aliphatic carbocycles. The lowest BCUT2D eigenvalue weighted by molar-refractivity contribution is -0.137. The van der Waals surface area contributed by atoms with Crippen molar-refractivity contribution in [3.63, 3.8) is 0 Å². The highest BCUT2D eigenvalue weighted by atomic mass is 19.4. The lowest BCUT2D eigenvalue weighted by atomic mass is 9.97. The van der Waals surface area contributed by atoms with Crippen molar-refractivity contribution in [1.29, 1.82) is 0 Å². The first-order chi connectivity index (χ1) is 17.4. The largest absolute Gasteiger partial charge is 0.489 e. The molecule has 5 rings (SSSR count). The van der Waals surface area contributed by atoms with E-state index in [2.05, 4.69) is 20.4 Å². The number of urea groups is 1. The maximum Gasteiger partial charge on any atom is 0.416 e. The van der Waals surface area contributed by atoms with Gasteiger partial charge in [0.2, 0.25) is 0 Å². The average molecular weight is 499 g/mol. The Morgan fingerprint density at radius 1 is 1.03 bits per heavy atom. The Morgan fingerprint density at radius 3 is 2.50 bits per heavy atom. The van der Waals surface area contributed by atoms with E-state index in [0.717, 1.165) is 24.1 Å². The SMILES string of the molecule is O=C(Nc1cccnn1)N1CCN(C2CCOc3c(Oc4ccc(C(F)(F)F)cc4)cccc32)CC1. The van der Waals surface area contributed by atoms with Crippen molar-refractivity contribution in [1.82, 2.24) is 20.0 Å². The lowest BCUT2D eigenvalue weighted by Crippen LogP contribution is -2.51. The Hall–Kier alpha value is -3.86. The summed E-state index contributed by atoms with van der Waals surface area (Å²) in [6.45, 7) is 2.96. The number of fused-ring (bicyclic) bond motifs is 1. The van der Waals surface area contributed by atoms with Crippen LogP contribution in [0.4, 0.5) is 23.8 Å². The highest BCUT2D eigenvalue weighted by molar-refractivity contribution is 5.88. The summed E-state index contributed by atoms with van der Waals surface area (Å²) < 4.78 is 50.4. The first-order valence-electron chi connectivity index (χ1n) is 11.6. The molecular formula is C25H24F3N5O3. The zero-order valence-corrected chi connectivity index (χ0v) is 19.2. The smallest absolute Gasteiger partial charge is 0.416 e. The summed E-state index contributed by atoms with van der Waals surface area (Å²) in [5.41, 5.74) is 0.230. The van der Waals surface area contributed by atoms with Crippen LogP contribution >= 0.6 is 0 Å². The molecule has 11 heteroatoms. The number of amides is 2. The van der Waals surface area contributed by atoms with E-state index in [9.17, 15) is 18.0 Å². The first-order valence-corrected chi connectivity index (χ1v) is 11.6. The van der Waals surface area contributed by atoms with Crippen LogP contribution in [-0.4, -0.2) is 58.8 Å². The number of piperazine rings is 1. The molecule has 1 saturated heterocycles. The molecule has 1 fully saturated rings. The van der Waals surface area contributed by atoms with Crippen molar-refractivity contribution in [3.05, 3.63) is 71.9 Å². The number of carbonyl (C=O) groups is 1. The van der Waals surface area contributed by atoms with E-state index in [0.29, 0.717) is 55.9 Å². The Labute approximate surface area is 205 Å². The molecule has 2 aromatic carbocycles. The monoisotopic (exact) mass is 499 g/mol. The number of benzene rings is 2. The van der Waals surface area contributed by atoms with Crippen molar-refractivity contribution in [2.75, 3.05) is 38.1 Å². The first kappa shape index (κ1) is 23.9. The number of anilines is 1. The number of halogens is 3. The highest BCUT2D eigenvalue weighted by Gasteiger charge is 2.33. The third kappa shape index (κ3) is 5.20. The predicted octanol–water partition coefficient (Wildman–Crippen LogP) is 4.96. The quantitative estimate of drug-likeness (QED) is 0.547. The molecule has 36 heavy (non-hydrogen) atoms. The minimum absolute atomic E-state index is 0.0788. The zero-order valence-electron chi connectivity index (χ0n) is 19.2. The fraction of sp³-hybridized carbons (Fsp3) is 0.320. The van der Waals surface area contributed by atoms with Crippen LogP contribution in [-0.2, 0) is 6.18 Å². The van der Waals surface area contributed by atoms with Crippen molar-refractivity contribution < 1.29 is 27.4 Å². The zero-order chi connectivity index (χ0) is 25.1. The Balaban J connectivity index is 1.25. The van der Waals surface area contributed by atoms with Gasteiger partial charge in [-0.1, -0.05) is 12.1 Å². The topological polar surface area (TPSA) is 79.8 Å². The molecule has 1 N–H and O–H groups in total. The van der Waals surface area contributed by atoms with Crippen molar-refractivity contribution in [2.24, 2.45) is 0 Å². The number of hydrogen-bond acceptors (Lipinski definition) is 6. The normalized spacial score (nSPS) is 18.2. The number of nitrogens with zero attached hydrogens (tertiary/aromatic N) is 4. The maximum atomic E-state index is 12.9. The van der Waals surface area contributed by atoms with Crippen LogP contribution in [0.1, 0.15) is 23.6 Å². The van der Waals surface area contributed by atoms with Gasteiger partial charge in [-0.25, -0.2) is 4.79 Å². The molecule has 188 valence electrons. The van der Waals surface area contributed by atoms with Gasteiger partial charge in [0, 0.05) is 50.4 Å². The highest BCUT2D eigenvalue weighted by Crippen LogP contribution is 2.44. The van der Waals surface area contributed by atoms with Gasteiger partial charge < -0.3 is 14.4 Å². The van der Waals surface area contributed by atoms with Gasteiger partial charge in [-0.05, 0) is 42.5 Å².